The van der Waals surface area contributed by atoms with Crippen molar-refractivity contribution in [3.05, 3.63) is 29.1 Å². The highest BCUT2D eigenvalue weighted by Gasteiger charge is 2.33. The molecule has 1 amide bonds. The maximum absolute atomic E-state index is 12.3. The number of carbonyl (C=O) groups excluding carboxylic acids is 1. The van der Waals surface area contributed by atoms with Gasteiger partial charge in [-0.15, -0.1) is 0 Å². The molecule has 0 aliphatic carbocycles. The fraction of sp³-hybridized carbons (Fsp3) is 0.400. The van der Waals surface area contributed by atoms with Gasteiger partial charge in [0.1, 0.15) is 5.69 Å². The number of aromatic nitrogens is 1. The number of carbonyl (C=O) groups is 1. The summed E-state index contributed by atoms with van der Waals surface area (Å²) in [5.74, 6) is -0.362. The maximum Gasteiger partial charge on any atom is 0.433 e. The van der Waals surface area contributed by atoms with E-state index in [1.165, 1.54) is 25.9 Å². The summed E-state index contributed by atoms with van der Waals surface area (Å²) in [6.45, 7) is 1.38. The Labute approximate surface area is 90.9 Å². The number of nitrogens with zero attached hydrogens (tertiary/aromatic N) is 2. The first-order valence-electron chi connectivity index (χ1n) is 4.50. The normalized spacial score (nSPS) is 11.4. The van der Waals surface area contributed by atoms with Crippen molar-refractivity contribution in [1.82, 2.24) is 9.88 Å². The summed E-state index contributed by atoms with van der Waals surface area (Å²) in [6, 6.07) is 1.96. The van der Waals surface area contributed by atoms with Crippen molar-refractivity contribution in [3.63, 3.8) is 0 Å². The molecule has 0 atom stereocenters. The largest absolute Gasteiger partial charge is 0.433 e. The van der Waals surface area contributed by atoms with Gasteiger partial charge in [0.05, 0.1) is 11.3 Å². The van der Waals surface area contributed by atoms with Gasteiger partial charge in [-0.3, -0.25) is 4.79 Å². The van der Waals surface area contributed by atoms with Crippen LogP contribution in [0.25, 0.3) is 0 Å². The van der Waals surface area contributed by atoms with Crippen LogP contribution in [-0.4, -0.2) is 29.9 Å². The lowest BCUT2D eigenvalue weighted by Crippen LogP contribution is -2.23. The van der Waals surface area contributed by atoms with E-state index < -0.39 is 11.9 Å². The number of pyridine rings is 1. The number of hydrogen-bond donors (Lipinski definition) is 0. The van der Waals surface area contributed by atoms with E-state index in [4.69, 9.17) is 0 Å². The number of alkyl halides is 3. The standard InChI is InChI=1S/C10H11F3N2O/c1-6-7(9(16)15(2)3)4-5-8(14-6)10(11,12)13/h4-5H,1-3H3. The average molecular weight is 232 g/mol. The van der Waals surface area contributed by atoms with Crippen LogP contribution in [0.5, 0.6) is 0 Å². The van der Waals surface area contributed by atoms with Crippen LogP contribution in [-0.2, 0) is 6.18 Å². The second kappa shape index (κ2) is 4.11. The number of hydrogen-bond acceptors (Lipinski definition) is 2. The highest BCUT2D eigenvalue weighted by atomic mass is 19.4. The average Bonchev–Trinajstić information content (AvgIpc) is 2.15. The van der Waals surface area contributed by atoms with Gasteiger partial charge < -0.3 is 4.90 Å². The van der Waals surface area contributed by atoms with Gasteiger partial charge in [-0.25, -0.2) is 4.98 Å². The van der Waals surface area contributed by atoms with E-state index in [1.54, 1.807) is 0 Å². The van der Waals surface area contributed by atoms with E-state index in [0.717, 1.165) is 12.1 Å². The Bertz CT molecular complexity index is 413. The molecule has 1 heterocycles. The first-order chi connectivity index (χ1) is 7.23. The molecule has 88 valence electrons. The quantitative estimate of drug-likeness (QED) is 0.743. The molecular formula is C10H11F3N2O. The molecule has 6 heteroatoms. The summed E-state index contributed by atoms with van der Waals surface area (Å²) >= 11 is 0. The summed E-state index contributed by atoms with van der Waals surface area (Å²) in [5.41, 5.74) is -0.730. The number of halogens is 3. The second-order valence-electron chi connectivity index (χ2n) is 3.53. The molecule has 0 aromatic carbocycles. The Balaban J connectivity index is 3.15. The zero-order chi connectivity index (χ0) is 12.5. The van der Waals surface area contributed by atoms with Gasteiger partial charge in [-0.05, 0) is 19.1 Å². The molecule has 16 heavy (non-hydrogen) atoms. The topological polar surface area (TPSA) is 33.2 Å². The van der Waals surface area contributed by atoms with Gasteiger partial charge in [0.25, 0.3) is 5.91 Å². The molecular weight excluding hydrogens is 221 g/mol. The number of rotatable bonds is 1. The molecule has 3 nitrogen and oxygen atoms in total. The van der Waals surface area contributed by atoms with E-state index >= 15 is 0 Å². The molecule has 0 radical (unpaired) electrons. The summed E-state index contributed by atoms with van der Waals surface area (Å²) in [7, 11) is 3.05. The zero-order valence-electron chi connectivity index (χ0n) is 9.09. The van der Waals surface area contributed by atoms with Gasteiger partial charge in [0.15, 0.2) is 0 Å². The fourth-order valence-corrected chi connectivity index (χ4v) is 1.19. The predicted molar refractivity (Wildman–Crippen MR) is 52.0 cm³/mol. The van der Waals surface area contributed by atoms with Crippen LogP contribution in [0.3, 0.4) is 0 Å². The van der Waals surface area contributed by atoms with Gasteiger partial charge in [0.2, 0.25) is 0 Å². The van der Waals surface area contributed by atoms with Crippen LogP contribution in [0.4, 0.5) is 13.2 Å². The number of amides is 1. The molecule has 1 rings (SSSR count). The van der Waals surface area contributed by atoms with Gasteiger partial charge in [-0.1, -0.05) is 0 Å². The van der Waals surface area contributed by atoms with Crippen molar-refractivity contribution in [2.45, 2.75) is 13.1 Å². The predicted octanol–water partition coefficient (Wildman–Crippen LogP) is 2.11. The SMILES string of the molecule is Cc1nc(C(F)(F)F)ccc1C(=O)N(C)C. The van der Waals surface area contributed by atoms with Gasteiger partial charge in [-0.2, -0.15) is 13.2 Å². The van der Waals surface area contributed by atoms with Gasteiger partial charge in [0, 0.05) is 14.1 Å². The van der Waals surface area contributed by atoms with Crippen molar-refractivity contribution < 1.29 is 18.0 Å². The lowest BCUT2D eigenvalue weighted by molar-refractivity contribution is -0.141. The minimum Gasteiger partial charge on any atom is -0.345 e. The smallest absolute Gasteiger partial charge is 0.345 e. The van der Waals surface area contributed by atoms with Crippen molar-refractivity contribution in [3.8, 4) is 0 Å². The van der Waals surface area contributed by atoms with Crippen molar-refractivity contribution in [2.24, 2.45) is 0 Å². The third-order valence-corrected chi connectivity index (χ3v) is 2.01. The molecule has 1 aromatic rings. The second-order valence-corrected chi connectivity index (χ2v) is 3.53. The van der Waals surface area contributed by atoms with Crippen molar-refractivity contribution in [1.29, 1.82) is 0 Å². The van der Waals surface area contributed by atoms with E-state index in [0.29, 0.717) is 0 Å². The van der Waals surface area contributed by atoms with E-state index in [2.05, 4.69) is 4.98 Å². The van der Waals surface area contributed by atoms with Crippen LogP contribution in [0.2, 0.25) is 0 Å². The first-order valence-corrected chi connectivity index (χ1v) is 4.50. The summed E-state index contributed by atoms with van der Waals surface area (Å²) < 4.78 is 36.9. The Hall–Kier alpha value is -1.59. The molecule has 0 saturated carbocycles. The van der Waals surface area contributed by atoms with Crippen molar-refractivity contribution >= 4 is 5.91 Å². The fourth-order valence-electron chi connectivity index (χ4n) is 1.19. The van der Waals surface area contributed by atoms with Crippen molar-refractivity contribution in [2.75, 3.05) is 14.1 Å². The highest BCUT2D eigenvalue weighted by molar-refractivity contribution is 5.94. The Morgan fingerprint density at radius 2 is 1.88 bits per heavy atom. The molecule has 0 fully saturated rings. The Morgan fingerprint density at radius 1 is 1.31 bits per heavy atom. The van der Waals surface area contributed by atoms with Crippen LogP contribution in [0, 0.1) is 6.92 Å². The molecule has 0 N–H and O–H groups in total. The lowest BCUT2D eigenvalue weighted by Gasteiger charge is -2.13. The third kappa shape index (κ3) is 2.50. The molecule has 1 aromatic heterocycles. The molecule has 0 bridgehead atoms. The summed E-state index contributed by atoms with van der Waals surface area (Å²) in [4.78, 5) is 16.2. The van der Waals surface area contributed by atoms with Crippen LogP contribution >= 0.6 is 0 Å². The summed E-state index contributed by atoms with van der Waals surface area (Å²) in [6.07, 6.45) is -4.48. The number of aryl methyl sites for hydroxylation is 1. The lowest BCUT2D eigenvalue weighted by atomic mass is 10.1. The van der Waals surface area contributed by atoms with Crippen LogP contribution in [0.15, 0.2) is 12.1 Å². The zero-order valence-corrected chi connectivity index (χ0v) is 9.09. The first kappa shape index (κ1) is 12.5. The van der Waals surface area contributed by atoms with E-state index in [-0.39, 0.29) is 17.2 Å². The highest BCUT2D eigenvalue weighted by Crippen LogP contribution is 2.28. The Kier molecular flexibility index (Phi) is 3.21. The summed E-state index contributed by atoms with van der Waals surface area (Å²) in [5, 5.41) is 0. The molecule has 0 unspecified atom stereocenters. The van der Waals surface area contributed by atoms with Crippen LogP contribution in [0.1, 0.15) is 21.7 Å². The maximum atomic E-state index is 12.3. The molecule has 0 saturated heterocycles. The minimum atomic E-state index is -4.48. The molecule has 0 aliphatic heterocycles. The van der Waals surface area contributed by atoms with Crippen LogP contribution < -0.4 is 0 Å². The minimum absolute atomic E-state index is 0.0773. The van der Waals surface area contributed by atoms with E-state index in [9.17, 15) is 18.0 Å². The monoisotopic (exact) mass is 232 g/mol. The Morgan fingerprint density at radius 3 is 2.25 bits per heavy atom. The molecule has 0 aliphatic rings. The molecule has 0 spiro atoms. The third-order valence-electron chi connectivity index (χ3n) is 2.01. The van der Waals surface area contributed by atoms with Gasteiger partial charge >= 0.3 is 6.18 Å². The van der Waals surface area contributed by atoms with E-state index in [1.807, 2.05) is 0 Å².